The van der Waals surface area contributed by atoms with Crippen molar-refractivity contribution in [3.05, 3.63) is 18.0 Å². The van der Waals surface area contributed by atoms with Crippen molar-refractivity contribution in [1.29, 1.82) is 0 Å². The van der Waals surface area contributed by atoms with Gasteiger partial charge in [0.15, 0.2) is 0 Å². The number of aliphatic hydroxyl groups is 1. The first-order chi connectivity index (χ1) is 11.0. The van der Waals surface area contributed by atoms with Gasteiger partial charge < -0.3 is 15.7 Å². The summed E-state index contributed by atoms with van der Waals surface area (Å²) in [4.78, 5) is 11.8. The largest absolute Gasteiger partial charge is 0.383 e. The molecule has 1 fully saturated rings. The first kappa shape index (κ1) is 17.8. The van der Waals surface area contributed by atoms with Crippen molar-refractivity contribution >= 4 is 6.03 Å². The third kappa shape index (κ3) is 5.86. The van der Waals surface area contributed by atoms with Crippen LogP contribution >= 0.6 is 0 Å². The summed E-state index contributed by atoms with van der Waals surface area (Å²) in [7, 11) is 1.80. The minimum atomic E-state index is -1.12. The van der Waals surface area contributed by atoms with Crippen LogP contribution in [-0.4, -0.2) is 34.0 Å². The SMILES string of the molecule is Cn1cc(C(C)(O)CNC(=O)NCCCCC2CCCC2)cn1. The van der Waals surface area contributed by atoms with E-state index in [1.165, 1.54) is 38.5 Å². The summed E-state index contributed by atoms with van der Waals surface area (Å²) < 4.78 is 1.63. The molecule has 2 amide bonds. The van der Waals surface area contributed by atoms with Gasteiger partial charge in [-0.1, -0.05) is 38.5 Å². The van der Waals surface area contributed by atoms with Crippen molar-refractivity contribution < 1.29 is 9.90 Å². The average Bonchev–Trinajstić information content (AvgIpc) is 3.16. The second-order valence-electron chi connectivity index (χ2n) is 6.93. The van der Waals surface area contributed by atoms with Crippen LogP contribution in [0.1, 0.15) is 57.4 Å². The molecule has 6 nitrogen and oxygen atoms in total. The molecule has 1 atom stereocenters. The van der Waals surface area contributed by atoms with Crippen molar-refractivity contribution in [2.75, 3.05) is 13.1 Å². The quantitative estimate of drug-likeness (QED) is 0.643. The number of aryl methyl sites for hydroxylation is 1. The van der Waals surface area contributed by atoms with Crippen molar-refractivity contribution in [2.24, 2.45) is 13.0 Å². The van der Waals surface area contributed by atoms with E-state index in [1.54, 1.807) is 31.0 Å². The fourth-order valence-corrected chi connectivity index (χ4v) is 3.18. The molecule has 23 heavy (non-hydrogen) atoms. The normalized spacial score (nSPS) is 17.9. The molecule has 0 spiro atoms. The smallest absolute Gasteiger partial charge is 0.314 e. The summed E-state index contributed by atoms with van der Waals surface area (Å²) in [5.41, 5.74) is -0.425. The lowest BCUT2D eigenvalue weighted by Gasteiger charge is -2.22. The maximum atomic E-state index is 11.8. The molecular formula is C17H30N4O2. The zero-order chi connectivity index (χ0) is 16.7. The van der Waals surface area contributed by atoms with Crippen molar-refractivity contribution in [3.63, 3.8) is 0 Å². The molecule has 130 valence electrons. The van der Waals surface area contributed by atoms with E-state index < -0.39 is 5.60 Å². The number of unbranched alkanes of at least 4 members (excludes halogenated alkanes) is 1. The van der Waals surface area contributed by atoms with Crippen LogP contribution in [0.5, 0.6) is 0 Å². The van der Waals surface area contributed by atoms with E-state index in [-0.39, 0.29) is 12.6 Å². The lowest BCUT2D eigenvalue weighted by Crippen LogP contribution is -2.43. The van der Waals surface area contributed by atoms with Crippen LogP contribution in [0.4, 0.5) is 4.79 Å². The molecule has 1 aromatic heterocycles. The number of nitrogens with one attached hydrogen (secondary N) is 2. The number of hydrogen-bond donors (Lipinski definition) is 3. The van der Waals surface area contributed by atoms with E-state index in [1.807, 2.05) is 0 Å². The molecule has 6 heteroatoms. The molecule has 1 heterocycles. The van der Waals surface area contributed by atoms with Gasteiger partial charge in [-0.2, -0.15) is 5.10 Å². The highest BCUT2D eigenvalue weighted by molar-refractivity contribution is 5.73. The number of aromatic nitrogens is 2. The van der Waals surface area contributed by atoms with Gasteiger partial charge in [0, 0.05) is 25.4 Å². The topological polar surface area (TPSA) is 79.2 Å². The Hall–Kier alpha value is -1.56. The monoisotopic (exact) mass is 322 g/mol. The van der Waals surface area contributed by atoms with Gasteiger partial charge in [0.25, 0.3) is 0 Å². The van der Waals surface area contributed by atoms with Gasteiger partial charge in [0.05, 0.1) is 12.7 Å². The zero-order valence-corrected chi connectivity index (χ0v) is 14.3. The van der Waals surface area contributed by atoms with E-state index in [4.69, 9.17) is 0 Å². The van der Waals surface area contributed by atoms with Crippen molar-refractivity contribution in [3.8, 4) is 0 Å². The second-order valence-corrected chi connectivity index (χ2v) is 6.93. The number of amides is 2. The lowest BCUT2D eigenvalue weighted by atomic mass is 10.00. The summed E-state index contributed by atoms with van der Waals surface area (Å²) in [6, 6.07) is -0.227. The fourth-order valence-electron chi connectivity index (χ4n) is 3.18. The second kappa shape index (κ2) is 8.34. The molecule has 0 aromatic carbocycles. The van der Waals surface area contributed by atoms with Crippen molar-refractivity contribution in [2.45, 2.75) is 57.5 Å². The molecule has 1 saturated carbocycles. The fraction of sp³-hybridized carbons (Fsp3) is 0.765. The Kier molecular flexibility index (Phi) is 6.45. The first-order valence-corrected chi connectivity index (χ1v) is 8.70. The Morgan fingerprint density at radius 3 is 2.78 bits per heavy atom. The Morgan fingerprint density at radius 1 is 1.39 bits per heavy atom. The van der Waals surface area contributed by atoms with Crippen LogP contribution < -0.4 is 10.6 Å². The van der Waals surface area contributed by atoms with Gasteiger partial charge in [-0.25, -0.2) is 4.79 Å². The maximum Gasteiger partial charge on any atom is 0.314 e. The minimum absolute atomic E-state index is 0.159. The predicted octanol–water partition coefficient (Wildman–Crippen LogP) is 2.29. The van der Waals surface area contributed by atoms with Crippen LogP contribution in [0.25, 0.3) is 0 Å². The molecule has 1 unspecified atom stereocenters. The highest BCUT2D eigenvalue weighted by atomic mass is 16.3. The van der Waals surface area contributed by atoms with E-state index in [0.717, 1.165) is 12.3 Å². The molecule has 1 aliphatic carbocycles. The van der Waals surface area contributed by atoms with Gasteiger partial charge in [-0.3, -0.25) is 4.68 Å². The van der Waals surface area contributed by atoms with Crippen LogP contribution in [0.3, 0.4) is 0 Å². The highest BCUT2D eigenvalue weighted by Crippen LogP contribution is 2.28. The highest BCUT2D eigenvalue weighted by Gasteiger charge is 2.25. The maximum absolute atomic E-state index is 11.8. The van der Waals surface area contributed by atoms with Gasteiger partial charge in [0.1, 0.15) is 5.60 Å². The van der Waals surface area contributed by atoms with Gasteiger partial charge in [0.2, 0.25) is 0 Å². The van der Waals surface area contributed by atoms with Gasteiger partial charge in [-0.05, 0) is 19.3 Å². The zero-order valence-electron chi connectivity index (χ0n) is 14.3. The predicted molar refractivity (Wildman–Crippen MR) is 90.0 cm³/mol. The number of urea groups is 1. The van der Waals surface area contributed by atoms with Crippen LogP contribution in [-0.2, 0) is 12.6 Å². The number of hydrogen-bond acceptors (Lipinski definition) is 3. The summed E-state index contributed by atoms with van der Waals surface area (Å²) >= 11 is 0. The molecule has 1 aliphatic rings. The number of carbonyl (C=O) groups excluding carboxylic acids is 1. The Bertz CT molecular complexity index is 493. The summed E-state index contributed by atoms with van der Waals surface area (Å²) in [5.74, 6) is 0.915. The minimum Gasteiger partial charge on any atom is -0.383 e. The summed E-state index contributed by atoms with van der Waals surface area (Å²) in [6.07, 6.45) is 12.4. The lowest BCUT2D eigenvalue weighted by molar-refractivity contribution is 0.0593. The van der Waals surface area contributed by atoms with E-state index >= 15 is 0 Å². The van der Waals surface area contributed by atoms with E-state index in [9.17, 15) is 9.90 Å². The first-order valence-electron chi connectivity index (χ1n) is 8.70. The molecule has 0 aliphatic heterocycles. The number of rotatable bonds is 8. The molecule has 2 rings (SSSR count). The Balaban J connectivity index is 1.57. The molecule has 0 bridgehead atoms. The molecule has 3 N–H and O–H groups in total. The number of carbonyl (C=O) groups is 1. The molecule has 1 aromatic rings. The average molecular weight is 322 g/mol. The summed E-state index contributed by atoms with van der Waals surface area (Å²) in [6.45, 7) is 2.52. The Labute approximate surface area is 138 Å². The van der Waals surface area contributed by atoms with Crippen LogP contribution in [0.2, 0.25) is 0 Å². The third-order valence-electron chi connectivity index (χ3n) is 4.72. The van der Waals surface area contributed by atoms with Crippen LogP contribution in [0, 0.1) is 5.92 Å². The van der Waals surface area contributed by atoms with Gasteiger partial charge in [-0.15, -0.1) is 0 Å². The third-order valence-corrected chi connectivity index (χ3v) is 4.72. The molecule has 0 saturated heterocycles. The summed E-state index contributed by atoms with van der Waals surface area (Å²) in [5, 5.41) is 20.0. The van der Waals surface area contributed by atoms with Gasteiger partial charge >= 0.3 is 6.03 Å². The van der Waals surface area contributed by atoms with Crippen molar-refractivity contribution in [1.82, 2.24) is 20.4 Å². The number of nitrogens with zero attached hydrogens (tertiary/aromatic N) is 2. The molecular weight excluding hydrogens is 292 g/mol. The van der Waals surface area contributed by atoms with Crippen LogP contribution in [0.15, 0.2) is 12.4 Å². The van der Waals surface area contributed by atoms with E-state index in [2.05, 4.69) is 15.7 Å². The standard InChI is InChI=1S/C17H30N4O2/c1-17(23,15-11-20-21(2)12-15)13-19-16(22)18-10-6-5-9-14-7-3-4-8-14/h11-12,14,23H,3-10,13H2,1-2H3,(H2,18,19,22). The Morgan fingerprint density at radius 2 is 2.13 bits per heavy atom. The van der Waals surface area contributed by atoms with E-state index in [0.29, 0.717) is 12.1 Å². The molecule has 0 radical (unpaired) electrons.